The first kappa shape index (κ1) is 13.4. The third-order valence-corrected chi connectivity index (χ3v) is 3.56. The van der Waals surface area contributed by atoms with Crippen LogP contribution in [0.4, 0.5) is 5.69 Å². The summed E-state index contributed by atoms with van der Waals surface area (Å²) in [5, 5.41) is 3.63. The largest absolute Gasteiger partial charge is 0.399 e. The number of nitrogens with zero attached hydrogens (tertiary/aromatic N) is 1. The van der Waals surface area contributed by atoms with Crippen molar-refractivity contribution in [3.63, 3.8) is 0 Å². The number of nitrogens with one attached hydrogen (secondary N) is 1. The molecule has 100 valence electrons. The summed E-state index contributed by atoms with van der Waals surface area (Å²) in [6, 6.07) is 7.38. The molecule has 0 saturated heterocycles. The number of hydrogen-bond acceptors (Lipinski definition) is 6. The molecule has 1 aromatic carbocycles. The van der Waals surface area contributed by atoms with Gasteiger partial charge in [-0.1, -0.05) is 5.16 Å². The van der Waals surface area contributed by atoms with E-state index in [2.05, 4.69) is 5.16 Å². The van der Waals surface area contributed by atoms with Gasteiger partial charge in [0.2, 0.25) is 0 Å². The Kier molecular flexibility index (Phi) is 4.08. The molecule has 0 atom stereocenters. The van der Waals surface area contributed by atoms with Gasteiger partial charge in [0, 0.05) is 16.6 Å². The molecule has 1 heterocycles. The number of hydrogen-bond donors (Lipinski definition) is 3. The van der Waals surface area contributed by atoms with E-state index in [0.717, 1.165) is 16.1 Å². The Morgan fingerprint density at radius 1 is 1.47 bits per heavy atom. The molecule has 0 aliphatic carbocycles. The molecular weight excluding hydrogens is 264 g/mol. The van der Waals surface area contributed by atoms with Crippen LogP contribution in [-0.2, 0) is 5.75 Å². The third-order valence-electron chi connectivity index (χ3n) is 2.55. The molecule has 0 aliphatic rings. The van der Waals surface area contributed by atoms with E-state index in [1.807, 2.05) is 30.5 Å². The van der Waals surface area contributed by atoms with Crippen molar-refractivity contribution in [3.05, 3.63) is 41.3 Å². The van der Waals surface area contributed by atoms with Gasteiger partial charge in [0.05, 0.1) is 5.75 Å². The molecule has 0 aliphatic heterocycles. The Labute approximate surface area is 114 Å². The Balaban J connectivity index is 2.00. The number of nitrogens with two attached hydrogens (primary N) is 2. The van der Waals surface area contributed by atoms with Gasteiger partial charge in [-0.15, -0.1) is 11.8 Å². The highest BCUT2D eigenvalue weighted by Crippen LogP contribution is 2.25. The molecule has 0 unspecified atom stereocenters. The monoisotopic (exact) mass is 278 g/mol. The van der Waals surface area contributed by atoms with E-state index < -0.39 is 5.91 Å². The Morgan fingerprint density at radius 3 is 2.95 bits per heavy atom. The first-order valence-corrected chi connectivity index (χ1v) is 6.54. The van der Waals surface area contributed by atoms with E-state index in [-0.39, 0.29) is 5.69 Å². The molecule has 7 heteroatoms. The van der Waals surface area contributed by atoms with Crippen LogP contribution in [0.2, 0.25) is 0 Å². The van der Waals surface area contributed by atoms with Crippen molar-refractivity contribution >= 4 is 23.4 Å². The SMILES string of the molecule is Cc1cc(SCc2cc(C(=O)NN)no2)ccc1N. The molecule has 5 N–H and O–H groups in total. The normalized spacial score (nSPS) is 10.4. The lowest BCUT2D eigenvalue weighted by atomic mass is 10.2. The second-order valence-electron chi connectivity index (χ2n) is 3.96. The van der Waals surface area contributed by atoms with E-state index in [0.29, 0.717) is 11.5 Å². The standard InChI is InChI=1S/C12H14N4O2S/c1-7-4-9(2-3-10(7)13)19-6-8-5-11(16-18-8)12(17)15-14/h2-5H,6,13-14H2,1H3,(H,15,17). The zero-order valence-electron chi connectivity index (χ0n) is 10.3. The van der Waals surface area contributed by atoms with Crippen molar-refractivity contribution in [3.8, 4) is 0 Å². The number of carbonyl (C=O) groups is 1. The maximum absolute atomic E-state index is 11.2. The number of aromatic nitrogens is 1. The summed E-state index contributed by atoms with van der Waals surface area (Å²) in [6.45, 7) is 1.96. The average molecular weight is 278 g/mol. The summed E-state index contributed by atoms with van der Waals surface area (Å²) in [5.74, 6) is 5.73. The molecule has 0 radical (unpaired) electrons. The number of benzene rings is 1. The van der Waals surface area contributed by atoms with E-state index in [4.69, 9.17) is 16.1 Å². The number of amides is 1. The van der Waals surface area contributed by atoms with Crippen molar-refractivity contribution in [1.82, 2.24) is 10.6 Å². The maximum atomic E-state index is 11.2. The van der Waals surface area contributed by atoms with Crippen LogP contribution in [0.3, 0.4) is 0 Å². The zero-order chi connectivity index (χ0) is 13.8. The Hall–Kier alpha value is -1.99. The van der Waals surface area contributed by atoms with Crippen molar-refractivity contribution in [2.75, 3.05) is 5.73 Å². The van der Waals surface area contributed by atoms with Crippen LogP contribution in [-0.4, -0.2) is 11.1 Å². The van der Waals surface area contributed by atoms with E-state index in [1.165, 1.54) is 0 Å². The molecule has 0 fully saturated rings. The van der Waals surface area contributed by atoms with Gasteiger partial charge in [-0.2, -0.15) is 0 Å². The van der Waals surface area contributed by atoms with Gasteiger partial charge in [-0.05, 0) is 30.7 Å². The van der Waals surface area contributed by atoms with E-state index in [1.54, 1.807) is 17.8 Å². The van der Waals surface area contributed by atoms with Crippen molar-refractivity contribution in [1.29, 1.82) is 0 Å². The number of nitrogen functional groups attached to an aromatic ring is 2. The number of aryl methyl sites for hydroxylation is 1. The quantitative estimate of drug-likeness (QED) is 0.257. The highest BCUT2D eigenvalue weighted by molar-refractivity contribution is 7.98. The summed E-state index contributed by atoms with van der Waals surface area (Å²) < 4.78 is 5.05. The fourth-order valence-corrected chi connectivity index (χ4v) is 2.32. The number of rotatable bonds is 4. The zero-order valence-corrected chi connectivity index (χ0v) is 11.2. The van der Waals surface area contributed by atoms with E-state index in [9.17, 15) is 4.79 Å². The van der Waals surface area contributed by atoms with Gasteiger partial charge in [-0.25, -0.2) is 5.84 Å². The number of thioether (sulfide) groups is 1. The highest BCUT2D eigenvalue weighted by Gasteiger charge is 2.11. The van der Waals surface area contributed by atoms with Gasteiger partial charge in [0.15, 0.2) is 5.69 Å². The fourth-order valence-electron chi connectivity index (χ4n) is 1.45. The molecule has 2 aromatic rings. The first-order valence-electron chi connectivity index (χ1n) is 5.55. The second kappa shape index (κ2) is 5.77. The van der Waals surface area contributed by atoms with Crippen molar-refractivity contribution in [2.24, 2.45) is 5.84 Å². The smallest absolute Gasteiger partial charge is 0.287 e. The molecule has 0 spiro atoms. The van der Waals surface area contributed by atoms with Gasteiger partial charge in [0.25, 0.3) is 5.91 Å². The summed E-state index contributed by atoms with van der Waals surface area (Å²) in [5.41, 5.74) is 9.73. The predicted octanol–water partition coefficient (Wildman–Crippen LogP) is 1.46. The van der Waals surface area contributed by atoms with Crippen LogP contribution >= 0.6 is 11.8 Å². The topological polar surface area (TPSA) is 107 Å². The van der Waals surface area contributed by atoms with Crippen LogP contribution in [0.15, 0.2) is 33.7 Å². The molecule has 0 saturated carbocycles. The summed E-state index contributed by atoms with van der Waals surface area (Å²) in [7, 11) is 0. The lowest BCUT2D eigenvalue weighted by Crippen LogP contribution is -2.30. The summed E-state index contributed by atoms with van der Waals surface area (Å²) >= 11 is 1.58. The average Bonchev–Trinajstić information content (AvgIpc) is 2.88. The Bertz CT molecular complexity index is 597. The molecular formula is C12H14N4O2S. The van der Waals surface area contributed by atoms with Crippen LogP contribution < -0.4 is 17.0 Å². The number of carbonyl (C=O) groups excluding carboxylic acids is 1. The van der Waals surface area contributed by atoms with Crippen molar-refractivity contribution in [2.45, 2.75) is 17.6 Å². The molecule has 6 nitrogen and oxygen atoms in total. The number of hydrazine groups is 1. The summed E-state index contributed by atoms with van der Waals surface area (Å²) in [4.78, 5) is 12.3. The molecule has 19 heavy (non-hydrogen) atoms. The number of anilines is 1. The lowest BCUT2D eigenvalue weighted by Gasteiger charge is -2.03. The molecule has 2 rings (SSSR count). The van der Waals surface area contributed by atoms with Gasteiger partial charge >= 0.3 is 0 Å². The third kappa shape index (κ3) is 3.27. The van der Waals surface area contributed by atoms with Gasteiger partial charge in [0.1, 0.15) is 5.76 Å². The van der Waals surface area contributed by atoms with Gasteiger partial charge < -0.3 is 10.3 Å². The van der Waals surface area contributed by atoms with Crippen LogP contribution in [0, 0.1) is 6.92 Å². The molecule has 0 bridgehead atoms. The minimum Gasteiger partial charge on any atom is -0.399 e. The van der Waals surface area contributed by atoms with Gasteiger partial charge in [-0.3, -0.25) is 10.2 Å². The van der Waals surface area contributed by atoms with Crippen molar-refractivity contribution < 1.29 is 9.32 Å². The predicted molar refractivity (Wildman–Crippen MR) is 73.3 cm³/mol. The minimum absolute atomic E-state index is 0.173. The Morgan fingerprint density at radius 2 is 2.26 bits per heavy atom. The molecule has 1 amide bonds. The maximum Gasteiger partial charge on any atom is 0.287 e. The highest BCUT2D eigenvalue weighted by atomic mass is 32.2. The fraction of sp³-hybridized carbons (Fsp3) is 0.167. The van der Waals surface area contributed by atoms with Crippen LogP contribution in [0.1, 0.15) is 21.8 Å². The lowest BCUT2D eigenvalue weighted by molar-refractivity contribution is 0.0944. The molecule has 1 aromatic heterocycles. The van der Waals surface area contributed by atoms with Crippen LogP contribution in [0.5, 0.6) is 0 Å². The minimum atomic E-state index is -0.469. The second-order valence-corrected chi connectivity index (χ2v) is 5.01. The van der Waals surface area contributed by atoms with E-state index >= 15 is 0 Å². The van der Waals surface area contributed by atoms with Crippen LogP contribution in [0.25, 0.3) is 0 Å². The summed E-state index contributed by atoms with van der Waals surface area (Å²) in [6.07, 6.45) is 0. The first-order chi connectivity index (χ1) is 9.10.